The number of aromatic nitrogens is 1. The monoisotopic (exact) mass is 403 g/mol. The second kappa shape index (κ2) is 11.1. The highest BCUT2D eigenvalue weighted by Crippen LogP contribution is 2.11. The number of guanidine groups is 1. The number of pyridine rings is 1. The Kier molecular flexibility index (Phi) is 8.55. The van der Waals surface area contributed by atoms with Gasteiger partial charge in [0, 0.05) is 26.8 Å². The zero-order valence-electron chi connectivity index (χ0n) is 16.4. The van der Waals surface area contributed by atoms with E-state index in [9.17, 15) is 4.79 Å². The molecular formula is C20H26ClN5O2. The van der Waals surface area contributed by atoms with Crippen LogP contribution < -0.4 is 15.4 Å². The van der Waals surface area contributed by atoms with Crippen LogP contribution >= 0.6 is 11.6 Å². The molecule has 2 N–H and O–H groups in total. The Bertz CT molecular complexity index is 776. The third kappa shape index (κ3) is 7.44. The maximum Gasteiger partial charge on any atom is 0.241 e. The molecule has 0 bridgehead atoms. The Labute approximate surface area is 170 Å². The lowest BCUT2D eigenvalue weighted by atomic mass is 10.2. The van der Waals surface area contributed by atoms with Crippen LogP contribution in [0.5, 0.6) is 5.75 Å². The lowest BCUT2D eigenvalue weighted by Gasteiger charge is -2.15. The third-order valence-corrected chi connectivity index (χ3v) is 4.20. The fraction of sp³-hybridized carbons (Fsp3) is 0.350. The topological polar surface area (TPSA) is 78.8 Å². The molecule has 2 aromatic rings. The van der Waals surface area contributed by atoms with E-state index in [0.717, 1.165) is 23.3 Å². The molecule has 1 heterocycles. The minimum atomic E-state index is -0.0270. The Morgan fingerprint density at radius 3 is 2.46 bits per heavy atom. The van der Waals surface area contributed by atoms with Crippen molar-refractivity contribution >= 4 is 23.5 Å². The van der Waals surface area contributed by atoms with Gasteiger partial charge in [0.1, 0.15) is 10.9 Å². The number of carbonyl (C=O) groups excluding carboxylic acids is 1. The molecule has 0 saturated carbocycles. The van der Waals surface area contributed by atoms with Crippen molar-refractivity contribution in [1.82, 2.24) is 20.5 Å². The van der Waals surface area contributed by atoms with E-state index < -0.39 is 0 Å². The molecule has 0 spiro atoms. The summed E-state index contributed by atoms with van der Waals surface area (Å²) in [5.74, 6) is 1.35. The van der Waals surface area contributed by atoms with Crippen molar-refractivity contribution in [2.75, 3.05) is 34.3 Å². The van der Waals surface area contributed by atoms with E-state index in [-0.39, 0.29) is 12.5 Å². The lowest BCUT2D eigenvalue weighted by Crippen LogP contribution is -2.43. The Morgan fingerprint density at radius 1 is 1.14 bits per heavy atom. The highest BCUT2D eigenvalue weighted by molar-refractivity contribution is 6.29. The van der Waals surface area contributed by atoms with Crippen molar-refractivity contribution in [1.29, 1.82) is 0 Å². The summed E-state index contributed by atoms with van der Waals surface area (Å²) in [5, 5.41) is 6.80. The van der Waals surface area contributed by atoms with Crippen LogP contribution in [0.25, 0.3) is 0 Å². The van der Waals surface area contributed by atoms with Gasteiger partial charge in [-0.3, -0.25) is 4.79 Å². The van der Waals surface area contributed by atoms with Gasteiger partial charge < -0.3 is 20.3 Å². The zero-order valence-corrected chi connectivity index (χ0v) is 17.2. The van der Waals surface area contributed by atoms with Gasteiger partial charge in [0.15, 0.2) is 5.96 Å². The summed E-state index contributed by atoms with van der Waals surface area (Å²) in [5.41, 5.74) is 2.11. The van der Waals surface area contributed by atoms with Gasteiger partial charge in [0.05, 0.1) is 20.2 Å². The van der Waals surface area contributed by atoms with Gasteiger partial charge >= 0.3 is 0 Å². The molecule has 0 fully saturated rings. The molecule has 0 aliphatic carbocycles. The van der Waals surface area contributed by atoms with Crippen LogP contribution in [-0.2, 0) is 17.8 Å². The van der Waals surface area contributed by atoms with E-state index >= 15 is 0 Å². The van der Waals surface area contributed by atoms with Crippen LogP contribution in [0.3, 0.4) is 0 Å². The summed E-state index contributed by atoms with van der Waals surface area (Å²) in [4.78, 5) is 22.0. The summed E-state index contributed by atoms with van der Waals surface area (Å²) in [6.07, 6.45) is 2.51. The van der Waals surface area contributed by atoms with Crippen molar-refractivity contribution in [2.24, 2.45) is 4.99 Å². The molecule has 0 saturated heterocycles. The van der Waals surface area contributed by atoms with E-state index in [1.165, 1.54) is 4.90 Å². The molecule has 1 aromatic carbocycles. The molecule has 0 aliphatic heterocycles. The molecule has 150 valence electrons. The Balaban J connectivity index is 1.95. The van der Waals surface area contributed by atoms with Crippen LogP contribution in [0.2, 0.25) is 5.15 Å². The number of ether oxygens (including phenoxy) is 1. The zero-order chi connectivity index (χ0) is 20.4. The molecule has 0 radical (unpaired) electrons. The van der Waals surface area contributed by atoms with E-state index in [4.69, 9.17) is 16.3 Å². The van der Waals surface area contributed by atoms with Crippen LogP contribution in [0.4, 0.5) is 0 Å². The van der Waals surface area contributed by atoms with Crippen molar-refractivity contribution in [3.8, 4) is 5.75 Å². The van der Waals surface area contributed by atoms with E-state index in [1.807, 2.05) is 30.3 Å². The third-order valence-electron chi connectivity index (χ3n) is 3.98. The number of nitrogens with zero attached hydrogens (tertiary/aromatic N) is 3. The van der Waals surface area contributed by atoms with Gasteiger partial charge in [-0.15, -0.1) is 0 Å². The van der Waals surface area contributed by atoms with Crippen molar-refractivity contribution in [3.63, 3.8) is 0 Å². The average Bonchev–Trinajstić information content (AvgIpc) is 2.71. The van der Waals surface area contributed by atoms with Crippen LogP contribution in [0, 0.1) is 0 Å². The standard InChI is InChI=1S/C20H26ClN5O2/c1-26(2)19(27)14-25-20(22-11-10-16-6-9-18(21)23-12-16)24-13-15-4-7-17(28-3)8-5-15/h4-9,12H,10-11,13-14H2,1-3H3,(H2,22,24,25). The lowest BCUT2D eigenvalue weighted by molar-refractivity contribution is -0.127. The summed E-state index contributed by atoms with van der Waals surface area (Å²) < 4.78 is 5.17. The second-order valence-electron chi connectivity index (χ2n) is 6.32. The number of carbonyl (C=O) groups is 1. The molecule has 0 aliphatic rings. The van der Waals surface area contributed by atoms with Crippen molar-refractivity contribution in [3.05, 3.63) is 58.9 Å². The number of hydrogen-bond donors (Lipinski definition) is 2. The first kappa shape index (κ1) is 21.5. The fourth-order valence-corrected chi connectivity index (χ4v) is 2.38. The van der Waals surface area contributed by atoms with Crippen LogP contribution in [-0.4, -0.2) is 56.0 Å². The molecule has 0 atom stereocenters. The number of nitrogens with one attached hydrogen (secondary N) is 2. The first-order chi connectivity index (χ1) is 13.5. The number of likely N-dealkylation sites (N-methyl/N-ethyl adjacent to an activating group) is 1. The highest BCUT2D eigenvalue weighted by atomic mass is 35.5. The average molecular weight is 404 g/mol. The molecule has 1 aromatic heterocycles. The number of halogens is 1. The predicted molar refractivity (Wildman–Crippen MR) is 112 cm³/mol. The second-order valence-corrected chi connectivity index (χ2v) is 6.71. The maximum atomic E-state index is 11.9. The van der Waals surface area contributed by atoms with Crippen molar-refractivity contribution in [2.45, 2.75) is 13.0 Å². The molecule has 7 nitrogen and oxygen atoms in total. The smallest absolute Gasteiger partial charge is 0.241 e. The number of aliphatic imine (C=N–C) groups is 1. The summed E-state index contributed by atoms with van der Waals surface area (Å²) in [6, 6.07) is 11.4. The van der Waals surface area contributed by atoms with Gasteiger partial charge in [-0.25, -0.2) is 9.98 Å². The largest absolute Gasteiger partial charge is 0.497 e. The summed E-state index contributed by atoms with van der Waals surface area (Å²) in [7, 11) is 5.08. The molecular weight excluding hydrogens is 378 g/mol. The van der Waals surface area contributed by atoms with E-state index in [0.29, 0.717) is 24.2 Å². The van der Waals surface area contributed by atoms with Crippen molar-refractivity contribution < 1.29 is 9.53 Å². The predicted octanol–water partition coefficient (Wildman–Crippen LogP) is 2.11. The van der Waals surface area contributed by atoms with Crippen LogP contribution in [0.1, 0.15) is 11.1 Å². The quantitative estimate of drug-likeness (QED) is 0.401. The summed E-state index contributed by atoms with van der Waals surface area (Å²) >= 11 is 5.81. The minimum absolute atomic E-state index is 0.0270. The SMILES string of the molecule is COc1ccc(CN=C(NCCc2ccc(Cl)nc2)NCC(=O)N(C)C)cc1. The number of benzene rings is 1. The van der Waals surface area contributed by atoms with Gasteiger partial charge in [-0.05, 0) is 35.7 Å². The molecule has 0 unspecified atom stereocenters. The molecule has 2 rings (SSSR count). The number of methoxy groups -OCH3 is 1. The summed E-state index contributed by atoms with van der Waals surface area (Å²) in [6.45, 7) is 1.30. The Hall–Kier alpha value is -2.80. The van der Waals surface area contributed by atoms with E-state index in [2.05, 4.69) is 20.6 Å². The van der Waals surface area contributed by atoms with Crippen LogP contribution in [0.15, 0.2) is 47.6 Å². The normalized spacial score (nSPS) is 11.1. The number of amides is 1. The van der Waals surface area contributed by atoms with Gasteiger partial charge in [0.2, 0.25) is 5.91 Å². The fourth-order valence-electron chi connectivity index (χ4n) is 2.27. The number of hydrogen-bond acceptors (Lipinski definition) is 4. The molecule has 1 amide bonds. The highest BCUT2D eigenvalue weighted by Gasteiger charge is 2.06. The first-order valence-electron chi connectivity index (χ1n) is 8.93. The molecule has 8 heteroatoms. The maximum absolute atomic E-state index is 11.9. The van der Waals surface area contributed by atoms with Gasteiger partial charge in [-0.2, -0.15) is 0 Å². The van der Waals surface area contributed by atoms with Gasteiger partial charge in [-0.1, -0.05) is 29.8 Å². The minimum Gasteiger partial charge on any atom is -0.497 e. The molecule has 28 heavy (non-hydrogen) atoms. The number of rotatable bonds is 8. The Morgan fingerprint density at radius 2 is 1.86 bits per heavy atom. The van der Waals surface area contributed by atoms with E-state index in [1.54, 1.807) is 33.5 Å². The first-order valence-corrected chi connectivity index (χ1v) is 9.31. The van der Waals surface area contributed by atoms with Gasteiger partial charge in [0.25, 0.3) is 0 Å².